The Morgan fingerprint density at radius 1 is 1.04 bits per heavy atom. The summed E-state index contributed by atoms with van der Waals surface area (Å²) in [5.41, 5.74) is 1.95. The van der Waals surface area contributed by atoms with Crippen molar-refractivity contribution < 1.29 is 23.8 Å². The summed E-state index contributed by atoms with van der Waals surface area (Å²) in [5.74, 6) is -0.319. The number of hydrogen-bond donors (Lipinski definition) is 0. The fourth-order valence-corrected chi connectivity index (χ4v) is 2.38. The molecule has 0 spiro atoms. The van der Waals surface area contributed by atoms with Crippen molar-refractivity contribution in [1.29, 1.82) is 0 Å². The van der Waals surface area contributed by atoms with Gasteiger partial charge in [-0.3, -0.25) is 4.79 Å². The predicted octanol–water partition coefficient (Wildman–Crippen LogP) is 3.54. The van der Waals surface area contributed by atoms with E-state index < -0.39 is 11.9 Å². The minimum Gasteiger partial charge on any atom is -0.493 e. The number of hydrogen-bond acceptors (Lipinski definition) is 5. The second kappa shape index (κ2) is 8.15. The van der Waals surface area contributed by atoms with Crippen molar-refractivity contribution >= 4 is 11.9 Å². The molecule has 0 atom stereocenters. The van der Waals surface area contributed by atoms with Gasteiger partial charge in [-0.1, -0.05) is 37.3 Å². The summed E-state index contributed by atoms with van der Waals surface area (Å²) in [6.07, 6.45) is 0.531. The summed E-state index contributed by atoms with van der Waals surface area (Å²) in [6, 6.07) is 12.9. The van der Waals surface area contributed by atoms with E-state index >= 15 is 0 Å². The zero-order chi connectivity index (χ0) is 17.5. The van der Waals surface area contributed by atoms with Crippen molar-refractivity contribution in [3.05, 3.63) is 59.2 Å². The van der Waals surface area contributed by atoms with Crippen LogP contribution >= 0.6 is 0 Å². The molecule has 0 aliphatic heterocycles. The maximum absolute atomic E-state index is 12.1. The lowest BCUT2D eigenvalue weighted by atomic mass is 10.0. The van der Waals surface area contributed by atoms with E-state index in [9.17, 15) is 9.59 Å². The van der Waals surface area contributed by atoms with Gasteiger partial charge < -0.3 is 14.2 Å². The highest BCUT2D eigenvalue weighted by Gasteiger charge is 2.21. The molecule has 0 aliphatic rings. The van der Waals surface area contributed by atoms with Crippen LogP contribution in [0.4, 0.5) is 0 Å². The number of carbonyl (C=O) groups is 2. The summed E-state index contributed by atoms with van der Waals surface area (Å²) in [6.45, 7) is 3.43. The van der Waals surface area contributed by atoms with E-state index in [4.69, 9.17) is 14.2 Å². The number of benzene rings is 2. The van der Waals surface area contributed by atoms with Gasteiger partial charge in [-0.25, -0.2) is 4.79 Å². The number of esters is 2. The molecule has 0 amide bonds. The van der Waals surface area contributed by atoms with E-state index in [1.54, 1.807) is 12.1 Å². The molecule has 0 saturated carbocycles. The summed E-state index contributed by atoms with van der Waals surface area (Å²) in [7, 11) is 1.54. The maximum Gasteiger partial charge on any atom is 0.346 e. The molecule has 0 bridgehead atoms. The van der Waals surface area contributed by atoms with Crippen molar-refractivity contribution in [1.82, 2.24) is 0 Å². The molecule has 2 aromatic carbocycles. The van der Waals surface area contributed by atoms with Crippen molar-refractivity contribution in [3.8, 4) is 11.5 Å². The number of methoxy groups -OCH3 is 1. The highest BCUT2D eigenvalue weighted by molar-refractivity contribution is 5.98. The van der Waals surface area contributed by atoms with Gasteiger partial charge in [0.15, 0.2) is 11.5 Å². The molecule has 0 N–H and O–H groups in total. The first kappa shape index (κ1) is 17.5. The average molecular weight is 328 g/mol. The van der Waals surface area contributed by atoms with Crippen LogP contribution in [0.15, 0.2) is 42.5 Å². The van der Waals surface area contributed by atoms with Crippen LogP contribution in [0.25, 0.3) is 0 Å². The highest BCUT2D eigenvalue weighted by atomic mass is 16.6. The van der Waals surface area contributed by atoms with E-state index in [0.717, 1.165) is 5.56 Å². The van der Waals surface area contributed by atoms with Gasteiger partial charge in [-0.2, -0.15) is 0 Å². The van der Waals surface area contributed by atoms with Crippen LogP contribution < -0.4 is 9.47 Å². The third-order valence-corrected chi connectivity index (χ3v) is 3.48. The largest absolute Gasteiger partial charge is 0.493 e. The normalized spacial score (nSPS) is 10.1. The second-order valence-electron chi connectivity index (χ2n) is 5.13. The first-order chi connectivity index (χ1) is 11.6. The van der Waals surface area contributed by atoms with Crippen molar-refractivity contribution in [2.24, 2.45) is 0 Å². The van der Waals surface area contributed by atoms with Crippen molar-refractivity contribution in [2.75, 3.05) is 7.11 Å². The summed E-state index contributed by atoms with van der Waals surface area (Å²) < 4.78 is 16.0. The van der Waals surface area contributed by atoms with Gasteiger partial charge in [0.1, 0.15) is 6.61 Å². The Morgan fingerprint density at radius 3 is 2.33 bits per heavy atom. The lowest BCUT2D eigenvalue weighted by molar-refractivity contribution is -0.135. The molecule has 5 heteroatoms. The highest BCUT2D eigenvalue weighted by Crippen LogP contribution is 2.35. The van der Waals surface area contributed by atoms with Gasteiger partial charge in [0.25, 0.3) is 0 Å². The van der Waals surface area contributed by atoms with Crippen LogP contribution in [0.2, 0.25) is 0 Å². The molecule has 0 heterocycles. The number of rotatable bonds is 6. The Labute approximate surface area is 141 Å². The molecule has 0 aromatic heterocycles. The first-order valence-electron chi connectivity index (χ1n) is 7.66. The lowest BCUT2D eigenvalue weighted by Gasteiger charge is -2.17. The molecule has 0 aliphatic carbocycles. The summed E-state index contributed by atoms with van der Waals surface area (Å²) >= 11 is 0. The number of carbonyl (C=O) groups excluding carboxylic acids is 2. The van der Waals surface area contributed by atoms with Crippen molar-refractivity contribution in [3.63, 3.8) is 0 Å². The first-order valence-corrected chi connectivity index (χ1v) is 7.66. The molecule has 0 saturated heterocycles. The maximum atomic E-state index is 12.1. The molecule has 0 radical (unpaired) electrons. The Bertz CT molecular complexity index is 722. The predicted molar refractivity (Wildman–Crippen MR) is 89.2 cm³/mol. The number of ether oxygens (including phenoxy) is 3. The van der Waals surface area contributed by atoms with Gasteiger partial charge in [-0.15, -0.1) is 0 Å². The molecule has 0 unspecified atom stereocenters. The smallest absolute Gasteiger partial charge is 0.346 e. The van der Waals surface area contributed by atoms with Crippen LogP contribution in [0, 0.1) is 0 Å². The molecule has 0 fully saturated rings. The van der Waals surface area contributed by atoms with Gasteiger partial charge in [0, 0.05) is 12.5 Å². The zero-order valence-electron chi connectivity index (χ0n) is 14.0. The Balaban J connectivity index is 2.36. The molecular weight excluding hydrogens is 308 g/mol. The van der Waals surface area contributed by atoms with Crippen LogP contribution in [-0.4, -0.2) is 19.0 Å². The third-order valence-electron chi connectivity index (χ3n) is 3.48. The zero-order valence-corrected chi connectivity index (χ0v) is 14.0. The standard InChI is InChI=1S/C19H20O5/c1-4-15-16(19(21)24-13(2)20)10-11-17(22-3)18(15)23-12-14-8-6-5-7-9-14/h5-11H,4,12H2,1-3H3. The minimum absolute atomic E-state index is 0.302. The third kappa shape index (κ3) is 4.13. The van der Waals surface area contributed by atoms with Crippen LogP contribution in [0.5, 0.6) is 11.5 Å². The molecule has 24 heavy (non-hydrogen) atoms. The van der Waals surface area contributed by atoms with Crippen LogP contribution in [-0.2, 0) is 22.6 Å². The summed E-state index contributed by atoms with van der Waals surface area (Å²) in [4.78, 5) is 23.2. The molecule has 2 aromatic rings. The second-order valence-corrected chi connectivity index (χ2v) is 5.13. The molecular formula is C19H20O5. The monoisotopic (exact) mass is 328 g/mol. The fraction of sp³-hybridized carbons (Fsp3) is 0.263. The van der Waals surface area contributed by atoms with Crippen molar-refractivity contribution in [2.45, 2.75) is 26.9 Å². The molecule has 2 rings (SSSR count). The van der Waals surface area contributed by atoms with E-state index in [1.165, 1.54) is 14.0 Å². The SMILES string of the molecule is CCc1c(C(=O)OC(C)=O)ccc(OC)c1OCc1ccccc1. The van der Waals surface area contributed by atoms with Crippen LogP contribution in [0.3, 0.4) is 0 Å². The van der Waals surface area contributed by atoms with E-state index in [0.29, 0.717) is 35.7 Å². The Kier molecular flexibility index (Phi) is 5.95. The van der Waals surface area contributed by atoms with Gasteiger partial charge in [-0.05, 0) is 24.1 Å². The van der Waals surface area contributed by atoms with Gasteiger partial charge in [0.2, 0.25) is 0 Å². The van der Waals surface area contributed by atoms with Gasteiger partial charge in [0.05, 0.1) is 12.7 Å². The molecule has 5 nitrogen and oxygen atoms in total. The Hall–Kier alpha value is -2.82. The van der Waals surface area contributed by atoms with E-state index in [1.807, 2.05) is 37.3 Å². The summed E-state index contributed by atoms with van der Waals surface area (Å²) in [5, 5.41) is 0. The molecule has 126 valence electrons. The van der Waals surface area contributed by atoms with E-state index in [2.05, 4.69) is 0 Å². The van der Waals surface area contributed by atoms with Gasteiger partial charge >= 0.3 is 11.9 Å². The lowest BCUT2D eigenvalue weighted by Crippen LogP contribution is -2.13. The topological polar surface area (TPSA) is 61.8 Å². The minimum atomic E-state index is -0.688. The van der Waals surface area contributed by atoms with Crippen LogP contribution in [0.1, 0.15) is 35.3 Å². The van der Waals surface area contributed by atoms with E-state index in [-0.39, 0.29) is 0 Å². The quantitative estimate of drug-likeness (QED) is 0.599. The Morgan fingerprint density at radius 2 is 1.75 bits per heavy atom. The average Bonchev–Trinajstić information content (AvgIpc) is 2.59. The fourth-order valence-electron chi connectivity index (χ4n) is 2.38.